The molecule has 6 heteroatoms. The van der Waals surface area contributed by atoms with E-state index in [-0.39, 0.29) is 12.4 Å². The third-order valence-electron chi connectivity index (χ3n) is 4.75. The van der Waals surface area contributed by atoms with Crippen molar-refractivity contribution < 1.29 is 9.15 Å². The Balaban J connectivity index is 0.00000210. The number of likely N-dealkylation sites (N-methyl/N-ethyl adjacent to an activating group) is 1. The van der Waals surface area contributed by atoms with E-state index in [9.17, 15) is 0 Å². The molecule has 3 aromatic rings. The minimum absolute atomic E-state index is 0. The molecule has 0 bridgehead atoms. The summed E-state index contributed by atoms with van der Waals surface area (Å²) in [5.74, 6) is 1.64. The van der Waals surface area contributed by atoms with Crippen LogP contribution in [0.1, 0.15) is 0 Å². The van der Waals surface area contributed by atoms with Gasteiger partial charge in [0, 0.05) is 43.2 Å². The highest BCUT2D eigenvalue weighted by atomic mass is 35.5. The summed E-state index contributed by atoms with van der Waals surface area (Å²) < 4.78 is 11.4. The van der Waals surface area contributed by atoms with Crippen LogP contribution in [0, 0.1) is 0 Å². The van der Waals surface area contributed by atoms with Gasteiger partial charge in [0.1, 0.15) is 17.1 Å². The van der Waals surface area contributed by atoms with Gasteiger partial charge in [0.2, 0.25) is 0 Å². The van der Waals surface area contributed by atoms with Crippen LogP contribution in [0.5, 0.6) is 5.75 Å². The molecule has 5 nitrogen and oxygen atoms in total. The number of hydrogen-bond acceptors (Lipinski definition) is 5. The second-order valence-electron chi connectivity index (χ2n) is 6.58. The van der Waals surface area contributed by atoms with Crippen LogP contribution in [0.15, 0.2) is 64.1 Å². The van der Waals surface area contributed by atoms with Crippen LogP contribution in [0.25, 0.3) is 22.3 Å². The summed E-state index contributed by atoms with van der Waals surface area (Å²) in [4.78, 5) is 2.33. The molecule has 2 aromatic carbocycles. The number of rotatable bonds is 3. The molecule has 142 valence electrons. The molecule has 0 spiro atoms. The van der Waals surface area contributed by atoms with E-state index in [1.807, 2.05) is 48.5 Å². The van der Waals surface area contributed by atoms with Crippen molar-refractivity contribution in [3.63, 3.8) is 0 Å². The van der Waals surface area contributed by atoms with Crippen LogP contribution >= 0.6 is 12.4 Å². The van der Waals surface area contributed by atoms with Gasteiger partial charge in [-0.1, -0.05) is 12.1 Å². The minimum Gasteiger partial charge on any atom is -0.497 e. The lowest BCUT2D eigenvalue weighted by atomic mass is 10.1. The third kappa shape index (κ3) is 4.26. The fourth-order valence-corrected chi connectivity index (χ4v) is 3.15. The average molecular weight is 386 g/mol. The van der Waals surface area contributed by atoms with Crippen LogP contribution < -0.4 is 10.1 Å². The number of nitrogens with zero attached hydrogens (tertiary/aromatic N) is 3. The highest BCUT2D eigenvalue weighted by Gasteiger charge is 2.12. The Labute approximate surface area is 165 Å². The summed E-state index contributed by atoms with van der Waals surface area (Å²) in [6.45, 7) is 3.94. The SMILES string of the molecule is COc1ccc(-c2cc(=NN3CCN(C)CC3)c3ccccc3o2)cc1.Cl. The van der Waals surface area contributed by atoms with E-state index >= 15 is 0 Å². The molecule has 1 aliphatic rings. The molecule has 4 rings (SSSR count). The maximum atomic E-state index is 6.14. The van der Waals surface area contributed by atoms with Crippen LogP contribution in [0.3, 0.4) is 0 Å². The standard InChI is InChI=1S/C21H23N3O2.ClH/c1-23-11-13-24(14-12-23)22-19-15-21(16-7-9-17(25-2)10-8-16)26-20-6-4-3-5-18(19)20;/h3-10,15H,11-14H2,1-2H3;1H. The van der Waals surface area contributed by atoms with E-state index < -0.39 is 0 Å². The van der Waals surface area contributed by atoms with Crippen LogP contribution in [0.2, 0.25) is 0 Å². The molecule has 0 unspecified atom stereocenters. The van der Waals surface area contributed by atoms with Crippen molar-refractivity contribution in [2.24, 2.45) is 5.10 Å². The maximum Gasteiger partial charge on any atom is 0.136 e. The number of methoxy groups -OCH3 is 1. The van der Waals surface area contributed by atoms with E-state index in [0.717, 1.165) is 59.6 Å². The highest BCUT2D eigenvalue weighted by Crippen LogP contribution is 2.24. The Bertz CT molecular complexity index is 961. The predicted molar refractivity (Wildman–Crippen MR) is 110 cm³/mol. The van der Waals surface area contributed by atoms with Gasteiger partial charge in [-0.2, -0.15) is 5.10 Å². The summed E-state index contributed by atoms with van der Waals surface area (Å²) in [7, 11) is 3.82. The summed E-state index contributed by atoms with van der Waals surface area (Å²) in [6.07, 6.45) is 0. The zero-order valence-electron chi connectivity index (χ0n) is 15.6. The number of benzene rings is 2. The Morgan fingerprint density at radius 3 is 2.37 bits per heavy atom. The van der Waals surface area contributed by atoms with Crippen molar-refractivity contribution in [2.75, 3.05) is 40.3 Å². The summed E-state index contributed by atoms with van der Waals surface area (Å²) >= 11 is 0. The van der Waals surface area contributed by atoms with E-state index in [1.165, 1.54) is 0 Å². The first-order chi connectivity index (χ1) is 12.7. The lowest BCUT2D eigenvalue weighted by molar-refractivity contribution is 0.154. The molecule has 27 heavy (non-hydrogen) atoms. The number of halogens is 1. The van der Waals surface area contributed by atoms with Gasteiger partial charge in [-0.3, -0.25) is 5.01 Å². The lowest BCUT2D eigenvalue weighted by Crippen LogP contribution is -2.42. The van der Waals surface area contributed by atoms with Crippen molar-refractivity contribution in [3.8, 4) is 17.1 Å². The molecule has 1 fully saturated rings. The number of piperazine rings is 1. The van der Waals surface area contributed by atoms with E-state index in [4.69, 9.17) is 14.3 Å². The Hall–Kier alpha value is -2.50. The molecule has 0 saturated carbocycles. The molecule has 0 amide bonds. The van der Waals surface area contributed by atoms with Crippen molar-refractivity contribution >= 4 is 23.4 Å². The van der Waals surface area contributed by atoms with Gasteiger partial charge < -0.3 is 14.1 Å². The Morgan fingerprint density at radius 2 is 1.67 bits per heavy atom. The van der Waals surface area contributed by atoms with Gasteiger partial charge in [-0.15, -0.1) is 12.4 Å². The molecule has 0 N–H and O–H groups in total. The Kier molecular flexibility index (Phi) is 6.04. The topological polar surface area (TPSA) is 41.2 Å². The molecular formula is C21H24ClN3O2. The van der Waals surface area contributed by atoms with E-state index in [1.54, 1.807) is 7.11 Å². The average Bonchev–Trinajstić information content (AvgIpc) is 2.69. The fourth-order valence-electron chi connectivity index (χ4n) is 3.15. The zero-order valence-corrected chi connectivity index (χ0v) is 16.4. The number of para-hydroxylation sites is 1. The largest absolute Gasteiger partial charge is 0.497 e. The van der Waals surface area contributed by atoms with Crippen molar-refractivity contribution in [2.45, 2.75) is 0 Å². The van der Waals surface area contributed by atoms with Gasteiger partial charge in [0.05, 0.1) is 12.5 Å². The Morgan fingerprint density at radius 1 is 0.963 bits per heavy atom. The highest BCUT2D eigenvalue weighted by molar-refractivity contribution is 5.85. The zero-order chi connectivity index (χ0) is 17.9. The molecule has 2 heterocycles. The second-order valence-corrected chi connectivity index (χ2v) is 6.58. The monoisotopic (exact) mass is 385 g/mol. The first-order valence-corrected chi connectivity index (χ1v) is 8.88. The molecular weight excluding hydrogens is 362 g/mol. The fraction of sp³-hybridized carbons (Fsp3) is 0.286. The number of hydrogen-bond donors (Lipinski definition) is 0. The first-order valence-electron chi connectivity index (χ1n) is 8.88. The molecule has 0 radical (unpaired) electrons. The third-order valence-corrected chi connectivity index (χ3v) is 4.75. The second kappa shape index (κ2) is 8.46. The molecule has 0 atom stereocenters. The van der Waals surface area contributed by atoms with Crippen LogP contribution in [0.4, 0.5) is 0 Å². The molecule has 1 saturated heterocycles. The quantitative estimate of drug-likeness (QED) is 0.690. The molecule has 1 aliphatic heterocycles. The van der Waals surface area contributed by atoms with Crippen molar-refractivity contribution in [3.05, 3.63) is 60.0 Å². The summed E-state index contributed by atoms with van der Waals surface area (Å²) in [5.41, 5.74) is 1.85. The summed E-state index contributed by atoms with van der Waals surface area (Å²) in [5, 5.41) is 9.05. The normalized spacial score (nSPS) is 15.6. The molecule has 0 aliphatic carbocycles. The summed E-state index contributed by atoms with van der Waals surface area (Å²) in [6, 6.07) is 18.0. The number of ether oxygens (including phenoxy) is 1. The van der Waals surface area contributed by atoms with Gasteiger partial charge >= 0.3 is 0 Å². The maximum absolute atomic E-state index is 6.14. The van der Waals surface area contributed by atoms with Gasteiger partial charge in [-0.05, 0) is 43.4 Å². The number of fused-ring (bicyclic) bond motifs is 1. The van der Waals surface area contributed by atoms with Crippen molar-refractivity contribution in [1.29, 1.82) is 0 Å². The first kappa shape index (κ1) is 19.3. The minimum atomic E-state index is 0. The van der Waals surface area contributed by atoms with E-state index in [0.29, 0.717) is 0 Å². The van der Waals surface area contributed by atoms with Crippen LogP contribution in [-0.2, 0) is 0 Å². The van der Waals surface area contributed by atoms with Gasteiger partial charge in [0.25, 0.3) is 0 Å². The smallest absolute Gasteiger partial charge is 0.136 e. The van der Waals surface area contributed by atoms with Crippen LogP contribution in [-0.4, -0.2) is 50.2 Å². The van der Waals surface area contributed by atoms with Crippen molar-refractivity contribution in [1.82, 2.24) is 9.91 Å². The molecule has 1 aromatic heterocycles. The van der Waals surface area contributed by atoms with Gasteiger partial charge in [-0.25, -0.2) is 0 Å². The van der Waals surface area contributed by atoms with E-state index in [2.05, 4.69) is 23.0 Å². The lowest BCUT2D eigenvalue weighted by Gasteiger charge is -2.30. The predicted octanol–water partition coefficient (Wildman–Crippen LogP) is 3.59. The van der Waals surface area contributed by atoms with Gasteiger partial charge in [0.15, 0.2) is 0 Å².